The predicted molar refractivity (Wildman–Crippen MR) is 124 cm³/mol. The standard InChI is InChI=1S/C25H35N3O5/c1-3-7-23(29)26-17-8-11-21-19(14-17)25(31)27(2)20-10-9-18(33-22(20)16-32-21)15-24(30)28-12-5-4-6-13-28/h8,11,14,18,20,22H,3-7,9-10,12-13,15-16H2,1-2H3,(H,26,29)/t18-,20-,22+/m0/s1. The van der Waals surface area contributed by atoms with Crippen LogP contribution in [0.4, 0.5) is 5.69 Å². The summed E-state index contributed by atoms with van der Waals surface area (Å²) in [7, 11) is 1.79. The average Bonchev–Trinajstić information content (AvgIpc) is 2.82. The van der Waals surface area contributed by atoms with Crippen LogP contribution < -0.4 is 10.1 Å². The summed E-state index contributed by atoms with van der Waals surface area (Å²) in [6.45, 7) is 3.94. The van der Waals surface area contributed by atoms with Gasteiger partial charge in [0.25, 0.3) is 5.91 Å². The van der Waals surface area contributed by atoms with Crippen LogP contribution in [0.15, 0.2) is 18.2 Å². The van der Waals surface area contributed by atoms with Crippen LogP contribution in [-0.2, 0) is 14.3 Å². The molecule has 1 N–H and O–H groups in total. The number of anilines is 1. The Bertz CT molecular complexity index is 883. The molecule has 3 aliphatic rings. The molecule has 0 radical (unpaired) electrons. The number of rotatable bonds is 5. The van der Waals surface area contributed by atoms with Gasteiger partial charge in [-0.1, -0.05) is 6.92 Å². The minimum absolute atomic E-state index is 0.0732. The molecule has 3 atom stereocenters. The summed E-state index contributed by atoms with van der Waals surface area (Å²) < 4.78 is 12.3. The summed E-state index contributed by atoms with van der Waals surface area (Å²) in [6, 6.07) is 5.04. The van der Waals surface area contributed by atoms with Gasteiger partial charge >= 0.3 is 0 Å². The summed E-state index contributed by atoms with van der Waals surface area (Å²) in [5.41, 5.74) is 1.03. The monoisotopic (exact) mass is 457 g/mol. The zero-order valence-electron chi connectivity index (χ0n) is 19.7. The normalized spacial score (nSPS) is 25.3. The number of benzene rings is 1. The van der Waals surface area contributed by atoms with E-state index in [2.05, 4.69) is 5.32 Å². The number of carbonyl (C=O) groups is 3. The van der Waals surface area contributed by atoms with Gasteiger partial charge in [-0.15, -0.1) is 0 Å². The topological polar surface area (TPSA) is 88.2 Å². The summed E-state index contributed by atoms with van der Waals surface area (Å²) in [4.78, 5) is 41.6. The number of fused-ring (bicyclic) bond motifs is 2. The lowest BCUT2D eigenvalue weighted by Gasteiger charge is -2.42. The van der Waals surface area contributed by atoms with Crippen LogP contribution in [0.1, 0.15) is 68.6 Å². The Morgan fingerprint density at radius 3 is 2.70 bits per heavy atom. The van der Waals surface area contributed by atoms with Crippen LogP contribution in [0.2, 0.25) is 0 Å². The first-order valence-electron chi connectivity index (χ1n) is 12.2. The van der Waals surface area contributed by atoms with E-state index in [4.69, 9.17) is 9.47 Å². The Morgan fingerprint density at radius 2 is 1.94 bits per heavy atom. The van der Waals surface area contributed by atoms with E-state index in [-0.39, 0.29) is 36.0 Å². The number of piperidine rings is 1. The quantitative estimate of drug-likeness (QED) is 0.734. The molecule has 33 heavy (non-hydrogen) atoms. The van der Waals surface area contributed by atoms with Crippen molar-refractivity contribution in [1.82, 2.24) is 9.80 Å². The molecule has 3 heterocycles. The Balaban J connectivity index is 1.43. The van der Waals surface area contributed by atoms with E-state index >= 15 is 0 Å². The molecule has 2 fully saturated rings. The van der Waals surface area contributed by atoms with Gasteiger partial charge in [-0.2, -0.15) is 0 Å². The molecule has 8 nitrogen and oxygen atoms in total. The van der Waals surface area contributed by atoms with Gasteiger partial charge in [0.2, 0.25) is 11.8 Å². The van der Waals surface area contributed by atoms with Crippen molar-refractivity contribution in [3.05, 3.63) is 23.8 Å². The van der Waals surface area contributed by atoms with Gasteiger partial charge in [0.15, 0.2) is 0 Å². The smallest absolute Gasteiger partial charge is 0.257 e. The molecule has 8 heteroatoms. The number of hydrogen-bond donors (Lipinski definition) is 1. The molecule has 0 bridgehead atoms. The highest BCUT2D eigenvalue weighted by Crippen LogP contribution is 2.32. The minimum Gasteiger partial charge on any atom is -0.490 e. The van der Waals surface area contributed by atoms with Crippen LogP contribution in [0.3, 0.4) is 0 Å². The molecule has 4 rings (SSSR count). The van der Waals surface area contributed by atoms with E-state index in [0.29, 0.717) is 36.4 Å². The zero-order chi connectivity index (χ0) is 23.4. The maximum atomic E-state index is 13.3. The molecule has 0 aliphatic carbocycles. The fourth-order valence-electron chi connectivity index (χ4n) is 5.02. The third-order valence-corrected chi connectivity index (χ3v) is 6.88. The molecule has 3 amide bonds. The predicted octanol–water partition coefficient (Wildman–Crippen LogP) is 3.21. The molecule has 0 unspecified atom stereocenters. The van der Waals surface area contributed by atoms with Crippen molar-refractivity contribution >= 4 is 23.4 Å². The number of carbonyl (C=O) groups excluding carboxylic acids is 3. The van der Waals surface area contributed by atoms with Gasteiger partial charge in [-0.3, -0.25) is 14.4 Å². The number of amides is 3. The second kappa shape index (κ2) is 10.5. The first-order valence-corrected chi connectivity index (χ1v) is 12.2. The van der Waals surface area contributed by atoms with Gasteiger partial charge in [0, 0.05) is 32.2 Å². The van der Waals surface area contributed by atoms with E-state index in [1.54, 1.807) is 30.1 Å². The van der Waals surface area contributed by atoms with Gasteiger partial charge in [0.1, 0.15) is 18.5 Å². The van der Waals surface area contributed by atoms with E-state index in [0.717, 1.165) is 45.2 Å². The van der Waals surface area contributed by atoms with E-state index in [1.807, 2.05) is 11.8 Å². The molecule has 1 aromatic rings. The number of nitrogens with one attached hydrogen (secondary N) is 1. The third kappa shape index (κ3) is 5.49. The van der Waals surface area contributed by atoms with Crippen LogP contribution >= 0.6 is 0 Å². The number of likely N-dealkylation sites (tertiary alicyclic amines) is 1. The van der Waals surface area contributed by atoms with Gasteiger partial charge in [0.05, 0.1) is 24.1 Å². The molecule has 0 spiro atoms. The van der Waals surface area contributed by atoms with Gasteiger partial charge < -0.3 is 24.6 Å². The Hall–Kier alpha value is -2.61. The Labute approximate surface area is 195 Å². The van der Waals surface area contributed by atoms with Gasteiger partial charge in [-0.25, -0.2) is 0 Å². The Morgan fingerprint density at radius 1 is 1.15 bits per heavy atom. The number of hydrogen-bond acceptors (Lipinski definition) is 5. The van der Waals surface area contributed by atoms with Crippen molar-refractivity contribution in [2.75, 3.05) is 32.1 Å². The van der Waals surface area contributed by atoms with Crippen LogP contribution in [0, 0.1) is 0 Å². The van der Waals surface area contributed by atoms with Crippen molar-refractivity contribution in [2.45, 2.75) is 76.5 Å². The van der Waals surface area contributed by atoms with E-state index < -0.39 is 0 Å². The lowest BCUT2D eigenvalue weighted by atomic mass is 9.94. The number of ether oxygens (including phenoxy) is 2. The lowest BCUT2D eigenvalue weighted by Crippen LogP contribution is -2.54. The zero-order valence-corrected chi connectivity index (χ0v) is 19.7. The fourth-order valence-corrected chi connectivity index (χ4v) is 5.02. The van der Waals surface area contributed by atoms with Crippen molar-refractivity contribution < 1.29 is 23.9 Å². The van der Waals surface area contributed by atoms with Crippen molar-refractivity contribution in [1.29, 1.82) is 0 Å². The number of likely N-dealkylation sites (N-methyl/N-ethyl adjacent to an activating group) is 1. The molecule has 2 saturated heterocycles. The fraction of sp³-hybridized carbons (Fsp3) is 0.640. The first kappa shape index (κ1) is 23.5. The van der Waals surface area contributed by atoms with E-state index in [9.17, 15) is 14.4 Å². The minimum atomic E-state index is -0.288. The third-order valence-electron chi connectivity index (χ3n) is 6.88. The average molecular weight is 458 g/mol. The van der Waals surface area contributed by atoms with Gasteiger partial charge in [-0.05, 0) is 56.7 Å². The van der Waals surface area contributed by atoms with Crippen molar-refractivity contribution in [3.63, 3.8) is 0 Å². The lowest BCUT2D eigenvalue weighted by molar-refractivity contribution is -0.143. The number of nitrogens with zero attached hydrogens (tertiary/aromatic N) is 2. The maximum absolute atomic E-state index is 13.3. The Kier molecular flexibility index (Phi) is 7.53. The summed E-state index contributed by atoms with van der Waals surface area (Å²) in [6.07, 6.45) is 5.98. The van der Waals surface area contributed by atoms with Crippen molar-refractivity contribution in [3.8, 4) is 5.75 Å². The summed E-state index contributed by atoms with van der Waals surface area (Å²) in [5, 5.41) is 2.85. The van der Waals surface area contributed by atoms with Crippen molar-refractivity contribution in [2.24, 2.45) is 0 Å². The first-order chi connectivity index (χ1) is 16.0. The summed E-state index contributed by atoms with van der Waals surface area (Å²) >= 11 is 0. The van der Waals surface area contributed by atoms with Crippen LogP contribution in [0.5, 0.6) is 5.75 Å². The SMILES string of the molecule is CCCC(=O)Nc1ccc2c(c1)C(=O)N(C)[C@H]1CC[C@@H](CC(=O)N3CCCCC3)O[C@@H]1CO2. The highest BCUT2D eigenvalue weighted by Gasteiger charge is 2.39. The maximum Gasteiger partial charge on any atom is 0.257 e. The van der Waals surface area contributed by atoms with Crippen LogP contribution in [-0.4, -0.2) is 72.5 Å². The van der Waals surface area contributed by atoms with E-state index in [1.165, 1.54) is 6.42 Å². The second-order valence-electron chi connectivity index (χ2n) is 9.32. The molecule has 1 aromatic carbocycles. The summed E-state index contributed by atoms with van der Waals surface area (Å²) in [5.74, 6) is 0.417. The molecular formula is C25H35N3O5. The molecule has 0 saturated carbocycles. The molecule has 3 aliphatic heterocycles. The molecule has 0 aromatic heterocycles. The second-order valence-corrected chi connectivity index (χ2v) is 9.32. The largest absolute Gasteiger partial charge is 0.490 e. The van der Waals surface area contributed by atoms with Crippen LogP contribution in [0.25, 0.3) is 0 Å². The highest BCUT2D eigenvalue weighted by atomic mass is 16.5. The highest BCUT2D eigenvalue weighted by molar-refractivity contribution is 5.99. The molecule has 180 valence electrons. The molecular weight excluding hydrogens is 422 g/mol.